The lowest BCUT2D eigenvalue weighted by Crippen LogP contribution is -2.52. The lowest BCUT2D eigenvalue weighted by Gasteiger charge is -2.36. The minimum Gasteiger partial charge on any atom is -0.381 e. The van der Waals surface area contributed by atoms with Gasteiger partial charge in [-0.3, -0.25) is 19.7 Å². The number of nitrogens with zero attached hydrogens (tertiary/aromatic N) is 1. The van der Waals surface area contributed by atoms with Crippen LogP contribution in [0.1, 0.15) is 68.3 Å². The summed E-state index contributed by atoms with van der Waals surface area (Å²) in [6, 6.07) is 5.80. The number of imide groups is 1. The van der Waals surface area contributed by atoms with Gasteiger partial charge in [-0.05, 0) is 56.1 Å². The summed E-state index contributed by atoms with van der Waals surface area (Å²) in [5.41, 5.74) is 8.68. The van der Waals surface area contributed by atoms with Crippen LogP contribution in [-0.4, -0.2) is 40.7 Å². The lowest BCUT2D eigenvalue weighted by atomic mass is 9.78. The number of piperidine rings is 1. The van der Waals surface area contributed by atoms with E-state index in [1.54, 1.807) is 4.90 Å². The fourth-order valence-electron chi connectivity index (χ4n) is 5.23. The molecule has 2 heterocycles. The number of nitrogens with one attached hydrogen (secondary N) is 2. The molecule has 4 rings (SSSR count). The van der Waals surface area contributed by atoms with Gasteiger partial charge < -0.3 is 16.0 Å². The predicted molar refractivity (Wildman–Crippen MR) is 115 cm³/mol. The molecule has 7 nitrogen and oxygen atoms in total. The van der Waals surface area contributed by atoms with Crippen LogP contribution in [0.15, 0.2) is 18.2 Å². The van der Waals surface area contributed by atoms with Gasteiger partial charge in [0, 0.05) is 41.9 Å². The molecular weight excluding hydrogens is 380 g/mol. The van der Waals surface area contributed by atoms with Gasteiger partial charge in [0.05, 0.1) is 0 Å². The number of benzene rings is 1. The second-order valence-corrected chi connectivity index (χ2v) is 9.32. The highest BCUT2D eigenvalue weighted by Gasteiger charge is 2.40. The number of amides is 3. The van der Waals surface area contributed by atoms with Crippen molar-refractivity contribution in [3.05, 3.63) is 29.3 Å². The summed E-state index contributed by atoms with van der Waals surface area (Å²) in [6.07, 6.45) is 5.00. The van der Waals surface area contributed by atoms with Gasteiger partial charge in [0.1, 0.15) is 6.04 Å². The number of hydrogen-bond acceptors (Lipinski definition) is 5. The van der Waals surface area contributed by atoms with Crippen molar-refractivity contribution in [1.29, 1.82) is 0 Å². The summed E-state index contributed by atoms with van der Waals surface area (Å²) in [6.45, 7) is 4.86. The van der Waals surface area contributed by atoms with E-state index in [1.165, 1.54) is 0 Å². The zero-order valence-electron chi connectivity index (χ0n) is 17.8. The van der Waals surface area contributed by atoms with E-state index in [1.807, 2.05) is 18.2 Å². The summed E-state index contributed by atoms with van der Waals surface area (Å²) in [5.74, 6) is 0.232. The Hall–Kier alpha value is -2.41. The second kappa shape index (κ2) is 8.38. The van der Waals surface area contributed by atoms with Crippen molar-refractivity contribution < 1.29 is 14.4 Å². The normalized spacial score (nSPS) is 27.8. The number of rotatable bonds is 5. The van der Waals surface area contributed by atoms with Crippen LogP contribution in [0, 0.1) is 11.8 Å². The smallest absolute Gasteiger partial charge is 0.255 e. The monoisotopic (exact) mass is 412 g/mol. The van der Waals surface area contributed by atoms with Crippen LogP contribution in [0.3, 0.4) is 0 Å². The molecule has 2 fully saturated rings. The highest BCUT2D eigenvalue weighted by molar-refractivity contribution is 6.06. The number of anilines is 1. The van der Waals surface area contributed by atoms with Gasteiger partial charge >= 0.3 is 0 Å². The van der Waals surface area contributed by atoms with Gasteiger partial charge in [-0.2, -0.15) is 0 Å². The Bertz CT molecular complexity index is 845. The van der Waals surface area contributed by atoms with Crippen LogP contribution in [0.2, 0.25) is 0 Å². The standard InChI is InChI=1S/C23H32N4O3/c1-13(2)21(14-6-8-15(24)9-7-14)25-18-5-3-4-16-17(18)12-27(23(16)30)19-10-11-20(28)26-22(19)29/h3-5,13-15,19,21,25H,6-12,24H2,1-2H3,(H,26,28,29)/t14?,15?,19-,21-/m1/s1. The largest absolute Gasteiger partial charge is 0.381 e. The molecule has 0 bridgehead atoms. The summed E-state index contributed by atoms with van der Waals surface area (Å²) in [7, 11) is 0. The Balaban J connectivity index is 1.54. The third kappa shape index (κ3) is 3.95. The lowest BCUT2D eigenvalue weighted by molar-refractivity contribution is -0.136. The number of hydrogen-bond donors (Lipinski definition) is 3. The molecule has 2 atom stereocenters. The Morgan fingerprint density at radius 1 is 1.10 bits per heavy atom. The van der Waals surface area contributed by atoms with Crippen molar-refractivity contribution in [2.75, 3.05) is 5.32 Å². The molecule has 2 aliphatic heterocycles. The van der Waals surface area contributed by atoms with Crippen LogP contribution < -0.4 is 16.4 Å². The first-order chi connectivity index (χ1) is 14.3. The molecule has 0 unspecified atom stereocenters. The van der Waals surface area contributed by atoms with Gasteiger partial charge in [0.25, 0.3) is 5.91 Å². The summed E-state index contributed by atoms with van der Waals surface area (Å²) in [5, 5.41) is 6.12. The average Bonchev–Trinajstić information content (AvgIpc) is 3.04. The Morgan fingerprint density at radius 3 is 2.50 bits per heavy atom. The molecule has 1 aromatic rings. The maximum absolute atomic E-state index is 13.1. The highest BCUT2D eigenvalue weighted by atomic mass is 16.2. The van der Waals surface area contributed by atoms with E-state index in [9.17, 15) is 14.4 Å². The van der Waals surface area contributed by atoms with E-state index in [0.29, 0.717) is 42.4 Å². The zero-order valence-corrected chi connectivity index (χ0v) is 17.8. The molecule has 3 amide bonds. The molecule has 3 aliphatic rings. The van der Waals surface area contributed by atoms with Gasteiger partial charge in [-0.25, -0.2) is 0 Å². The first-order valence-electron chi connectivity index (χ1n) is 11.1. The van der Waals surface area contributed by atoms with Crippen molar-refractivity contribution in [3.8, 4) is 0 Å². The fourth-order valence-corrected chi connectivity index (χ4v) is 5.23. The molecule has 1 aromatic carbocycles. The first-order valence-corrected chi connectivity index (χ1v) is 11.1. The van der Waals surface area contributed by atoms with E-state index < -0.39 is 6.04 Å². The molecular formula is C23H32N4O3. The molecule has 162 valence electrons. The maximum atomic E-state index is 13.1. The Morgan fingerprint density at radius 2 is 1.83 bits per heavy atom. The summed E-state index contributed by atoms with van der Waals surface area (Å²) < 4.78 is 0. The summed E-state index contributed by atoms with van der Waals surface area (Å²) >= 11 is 0. The second-order valence-electron chi connectivity index (χ2n) is 9.32. The molecule has 1 aliphatic carbocycles. The molecule has 30 heavy (non-hydrogen) atoms. The molecule has 4 N–H and O–H groups in total. The maximum Gasteiger partial charge on any atom is 0.255 e. The first kappa shape index (κ1) is 20.8. The minimum atomic E-state index is -0.587. The number of fused-ring (bicyclic) bond motifs is 1. The third-order valence-corrected chi connectivity index (χ3v) is 6.95. The van der Waals surface area contributed by atoms with Crippen LogP contribution in [-0.2, 0) is 16.1 Å². The predicted octanol–water partition coefficient (Wildman–Crippen LogP) is 2.40. The molecule has 0 radical (unpaired) electrons. The highest BCUT2D eigenvalue weighted by Crippen LogP contribution is 2.36. The third-order valence-electron chi connectivity index (χ3n) is 6.95. The summed E-state index contributed by atoms with van der Waals surface area (Å²) in [4.78, 5) is 38.5. The van der Waals surface area contributed by atoms with E-state index >= 15 is 0 Å². The topological polar surface area (TPSA) is 105 Å². The van der Waals surface area contributed by atoms with Crippen LogP contribution in [0.25, 0.3) is 0 Å². The van der Waals surface area contributed by atoms with Crippen molar-refractivity contribution in [2.45, 2.75) is 77.0 Å². The molecule has 0 spiro atoms. The number of carbonyl (C=O) groups excluding carboxylic acids is 3. The van der Waals surface area contributed by atoms with Crippen LogP contribution in [0.5, 0.6) is 0 Å². The number of carbonyl (C=O) groups is 3. The van der Waals surface area contributed by atoms with E-state index in [-0.39, 0.29) is 24.1 Å². The van der Waals surface area contributed by atoms with E-state index in [4.69, 9.17) is 5.73 Å². The van der Waals surface area contributed by atoms with Gasteiger partial charge in [0.15, 0.2) is 0 Å². The molecule has 7 heteroatoms. The Kier molecular flexibility index (Phi) is 5.82. The average molecular weight is 413 g/mol. The zero-order chi connectivity index (χ0) is 21.4. The van der Waals surface area contributed by atoms with Crippen molar-refractivity contribution in [3.63, 3.8) is 0 Å². The molecule has 1 saturated carbocycles. The van der Waals surface area contributed by atoms with Crippen molar-refractivity contribution in [1.82, 2.24) is 10.2 Å². The number of nitrogens with two attached hydrogens (primary N) is 1. The van der Waals surface area contributed by atoms with Crippen LogP contribution >= 0.6 is 0 Å². The van der Waals surface area contributed by atoms with Crippen molar-refractivity contribution in [2.24, 2.45) is 17.6 Å². The quantitative estimate of drug-likeness (QED) is 0.644. The van der Waals surface area contributed by atoms with Gasteiger partial charge in [-0.15, -0.1) is 0 Å². The molecule has 0 aromatic heterocycles. The molecule has 1 saturated heterocycles. The SMILES string of the molecule is CC(C)[C@@H](Nc1cccc2c1CN([C@@H]1CCC(=O)NC1=O)C2=O)C1CCC(N)CC1. The van der Waals surface area contributed by atoms with E-state index in [0.717, 1.165) is 36.9 Å². The Labute approximate surface area is 177 Å². The fraction of sp³-hybridized carbons (Fsp3) is 0.609. The van der Waals surface area contributed by atoms with E-state index in [2.05, 4.69) is 24.5 Å². The minimum absolute atomic E-state index is 0.132. The van der Waals surface area contributed by atoms with Crippen LogP contribution in [0.4, 0.5) is 5.69 Å². The van der Waals surface area contributed by atoms with Crippen molar-refractivity contribution >= 4 is 23.4 Å². The van der Waals surface area contributed by atoms with Gasteiger partial charge in [0.2, 0.25) is 11.8 Å². The van der Waals surface area contributed by atoms with Gasteiger partial charge in [-0.1, -0.05) is 19.9 Å².